The van der Waals surface area contributed by atoms with Gasteiger partial charge >= 0.3 is 0 Å². The molecule has 2 amide bonds. The Balaban J connectivity index is 1.46. The number of rotatable bonds is 8. The van der Waals surface area contributed by atoms with Crippen molar-refractivity contribution < 1.29 is 9.59 Å². The van der Waals surface area contributed by atoms with Crippen molar-refractivity contribution in [2.45, 2.75) is 44.0 Å². The van der Waals surface area contributed by atoms with Crippen molar-refractivity contribution in [3.63, 3.8) is 0 Å². The molecule has 0 radical (unpaired) electrons. The Kier molecular flexibility index (Phi) is 7.86. The van der Waals surface area contributed by atoms with Crippen LogP contribution in [0.2, 0.25) is 0 Å². The van der Waals surface area contributed by atoms with E-state index in [1.54, 1.807) is 4.90 Å². The van der Waals surface area contributed by atoms with Crippen LogP contribution in [0.3, 0.4) is 0 Å². The summed E-state index contributed by atoms with van der Waals surface area (Å²) >= 11 is 1.46. The average molecular weight is 471 g/mol. The normalized spacial score (nSPS) is 15.2. The molecule has 3 aromatic rings. The minimum atomic E-state index is -0.151. The Morgan fingerprint density at radius 1 is 0.971 bits per heavy atom. The predicted molar refractivity (Wildman–Crippen MR) is 141 cm³/mol. The third kappa shape index (κ3) is 5.97. The number of thioether (sulfide) groups is 1. The van der Waals surface area contributed by atoms with Crippen LogP contribution in [0.25, 0.3) is 6.08 Å². The first-order valence-electron chi connectivity index (χ1n) is 11.8. The lowest BCUT2D eigenvalue weighted by atomic mass is 10.1. The van der Waals surface area contributed by atoms with E-state index in [9.17, 15) is 9.59 Å². The molecule has 0 fully saturated rings. The second-order valence-electron chi connectivity index (χ2n) is 8.56. The van der Waals surface area contributed by atoms with E-state index in [2.05, 4.69) is 36.5 Å². The molecular weight excluding hydrogens is 440 g/mol. The Bertz CT molecular complexity index is 1170. The number of nitrogens with zero attached hydrogens (tertiary/aromatic N) is 1. The zero-order chi connectivity index (χ0) is 23.9. The van der Waals surface area contributed by atoms with Crippen LogP contribution in [0.4, 0.5) is 5.69 Å². The molecule has 1 atom stereocenters. The Labute approximate surface area is 206 Å². The Morgan fingerprint density at radius 2 is 1.68 bits per heavy atom. The Hall–Kier alpha value is -3.31. The predicted octanol–water partition coefficient (Wildman–Crippen LogP) is 5.87. The fourth-order valence-electron chi connectivity index (χ4n) is 3.98. The number of carbonyl (C=O) groups is 2. The van der Waals surface area contributed by atoms with Gasteiger partial charge in [0.25, 0.3) is 5.91 Å². The topological polar surface area (TPSA) is 49.4 Å². The summed E-state index contributed by atoms with van der Waals surface area (Å²) in [6, 6.07) is 26.3. The quantitative estimate of drug-likeness (QED) is 0.419. The molecule has 1 aliphatic rings. The van der Waals surface area contributed by atoms with Crippen molar-refractivity contribution >= 4 is 35.3 Å². The van der Waals surface area contributed by atoms with Gasteiger partial charge in [0, 0.05) is 10.9 Å². The monoisotopic (exact) mass is 470 g/mol. The first-order chi connectivity index (χ1) is 16.5. The summed E-state index contributed by atoms with van der Waals surface area (Å²) < 4.78 is 0. The van der Waals surface area contributed by atoms with E-state index in [1.807, 2.05) is 67.6 Å². The van der Waals surface area contributed by atoms with Gasteiger partial charge in [-0.05, 0) is 61.1 Å². The summed E-state index contributed by atoms with van der Waals surface area (Å²) in [4.78, 5) is 29.5. The molecule has 174 valence electrons. The van der Waals surface area contributed by atoms with Gasteiger partial charge in [-0.15, -0.1) is 0 Å². The highest BCUT2D eigenvalue weighted by Gasteiger charge is 2.30. The van der Waals surface area contributed by atoms with Crippen molar-refractivity contribution in [1.29, 1.82) is 0 Å². The van der Waals surface area contributed by atoms with Crippen molar-refractivity contribution in [3.8, 4) is 0 Å². The standard InChI is InChI=1S/C29H30N2O2S/c1-3-22-15-17-24(18-16-22)19-27-29(33)31(25-11-7-8-12-26(25)34-27)20-28(32)30-21(2)13-14-23-9-5-4-6-10-23/h4-12,15-19,21H,3,13-14,20H2,1-2H3,(H,30,32). The van der Waals surface area contributed by atoms with Crippen LogP contribution < -0.4 is 10.2 Å². The van der Waals surface area contributed by atoms with Crippen molar-refractivity contribution in [2.24, 2.45) is 0 Å². The number of aryl methyl sites for hydroxylation is 2. The summed E-state index contributed by atoms with van der Waals surface area (Å²) in [7, 11) is 0. The van der Waals surface area contributed by atoms with E-state index in [0.29, 0.717) is 4.91 Å². The van der Waals surface area contributed by atoms with Crippen LogP contribution in [0.15, 0.2) is 88.7 Å². The highest BCUT2D eigenvalue weighted by molar-refractivity contribution is 8.04. The Morgan fingerprint density at radius 3 is 2.41 bits per heavy atom. The van der Waals surface area contributed by atoms with Gasteiger partial charge in [0.2, 0.25) is 5.91 Å². The van der Waals surface area contributed by atoms with Gasteiger partial charge < -0.3 is 5.32 Å². The summed E-state index contributed by atoms with van der Waals surface area (Å²) in [5, 5.41) is 3.07. The van der Waals surface area contributed by atoms with Crippen LogP contribution in [-0.4, -0.2) is 24.4 Å². The lowest BCUT2D eigenvalue weighted by Crippen LogP contribution is -2.45. The van der Waals surface area contributed by atoms with E-state index in [4.69, 9.17) is 0 Å². The van der Waals surface area contributed by atoms with Gasteiger partial charge in [0.05, 0.1) is 10.6 Å². The third-order valence-corrected chi connectivity index (χ3v) is 7.01. The van der Waals surface area contributed by atoms with E-state index in [0.717, 1.165) is 35.4 Å². The van der Waals surface area contributed by atoms with Crippen LogP contribution >= 0.6 is 11.8 Å². The fourth-order valence-corrected chi connectivity index (χ4v) is 5.04. The van der Waals surface area contributed by atoms with Gasteiger partial charge in [0.1, 0.15) is 6.54 Å². The molecule has 34 heavy (non-hydrogen) atoms. The third-order valence-electron chi connectivity index (χ3n) is 5.94. The molecule has 1 unspecified atom stereocenters. The molecule has 1 N–H and O–H groups in total. The molecule has 1 aliphatic heterocycles. The highest BCUT2D eigenvalue weighted by atomic mass is 32.2. The molecule has 0 bridgehead atoms. The van der Waals surface area contributed by atoms with E-state index in [1.165, 1.54) is 22.9 Å². The maximum Gasteiger partial charge on any atom is 0.265 e. The summed E-state index contributed by atoms with van der Waals surface area (Å²) in [5.41, 5.74) is 4.27. The molecule has 3 aromatic carbocycles. The minimum absolute atomic E-state index is 0.00179. The van der Waals surface area contributed by atoms with Gasteiger partial charge in [-0.2, -0.15) is 0 Å². The van der Waals surface area contributed by atoms with Crippen LogP contribution in [0.5, 0.6) is 0 Å². The molecule has 1 heterocycles. The number of hydrogen-bond donors (Lipinski definition) is 1. The summed E-state index contributed by atoms with van der Waals surface area (Å²) in [5.74, 6) is -0.294. The lowest BCUT2D eigenvalue weighted by Gasteiger charge is -2.30. The number of fused-ring (bicyclic) bond motifs is 1. The summed E-state index contributed by atoms with van der Waals surface area (Å²) in [6.45, 7) is 4.13. The molecule has 5 heteroatoms. The van der Waals surface area contributed by atoms with Crippen molar-refractivity contribution in [1.82, 2.24) is 5.32 Å². The number of amides is 2. The number of nitrogens with one attached hydrogen (secondary N) is 1. The second-order valence-corrected chi connectivity index (χ2v) is 9.64. The molecule has 0 aliphatic carbocycles. The van der Waals surface area contributed by atoms with E-state index in [-0.39, 0.29) is 24.4 Å². The molecule has 0 spiro atoms. The number of anilines is 1. The van der Waals surface area contributed by atoms with Gasteiger partial charge in [-0.25, -0.2) is 0 Å². The SMILES string of the molecule is CCc1ccc(C=C2Sc3ccccc3N(CC(=O)NC(C)CCc3ccccc3)C2=O)cc1. The van der Waals surface area contributed by atoms with Crippen LogP contribution in [-0.2, 0) is 22.4 Å². The average Bonchev–Trinajstić information content (AvgIpc) is 2.86. The number of hydrogen-bond acceptors (Lipinski definition) is 3. The molecule has 4 rings (SSSR count). The van der Waals surface area contributed by atoms with Crippen molar-refractivity contribution in [3.05, 3.63) is 100 Å². The van der Waals surface area contributed by atoms with Crippen LogP contribution in [0, 0.1) is 0 Å². The lowest BCUT2D eigenvalue weighted by molar-refractivity contribution is -0.122. The first-order valence-corrected chi connectivity index (χ1v) is 12.6. The van der Waals surface area contributed by atoms with Gasteiger partial charge in [0.15, 0.2) is 0 Å². The number of benzene rings is 3. The largest absolute Gasteiger partial charge is 0.352 e. The van der Waals surface area contributed by atoms with E-state index < -0.39 is 0 Å². The summed E-state index contributed by atoms with van der Waals surface area (Å²) in [6.07, 6.45) is 4.63. The van der Waals surface area contributed by atoms with Crippen LogP contribution in [0.1, 0.15) is 37.0 Å². The van der Waals surface area contributed by atoms with Gasteiger partial charge in [-0.1, -0.05) is 85.4 Å². The molecule has 0 saturated heterocycles. The fraction of sp³-hybridized carbons (Fsp3) is 0.241. The second kappa shape index (κ2) is 11.2. The molecule has 0 saturated carbocycles. The zero-order valence-corrected chi connectivity index (χ0v) is 20.5. The molecular formula is C29H30N2O2S. The first kappa shape index (κ1) is 23.8. The molecule has 0 aromatic heterocycles. The maximum absolute atomic E-state index is 13.4. The van der Waals surface area contributed by atoms with Gasteiger partial charge in [-0.3, -0.25) is 14.5 Å². The number of para-hydroxylation sites is 1. The smallest absolute Gasteiger partial charge is 0.265 e. The molecule has 4 nitrogen and oxygen atoms in total. The number of carbonyl (C=O) groups excluding carboxylic acids is 2. The highest BCUT2D eigenvalue weighted by Crippen LogP contribution is 2.41. The zero-order valence-electron chi connectivity index (χ0n) is 19.7. The van der Waals surface area contributed by atoms with E-state index >= 15 is 0 Å². The minimum Gasteiger partial charge on any atom is -0.352 e. The maximum atomic E-state index is 13.4. The van der Waals surface area contributed by atoms with Crippen molar-refractivity contribution in [2.75, 3.05) is 11.4 Å².